The van der Waals surface area contributed by atoms with Crippen LogP contribution in [0.4, 0.5) is 0 Å². The van der Waals surface area contributed by atoms with E-state index in [1.165, 1.54) is 5.56 Å². The van der Waals surface area contributed by atoms with Crippen LogP contribution in [0.15, 0.2) is 40.9 Å². The molecule has 0 N–H and O–H groups in total. The van der Waals surface area contributed by atoms with Crippen LogP contribution in [0, 0.1) is 0 Å². The first-order chi connectivity index (χ1) is 12.2. The van der Waals surface area contributed by atoms with Gasteiger partial charge in [0.15, 0.2) is 5.69 Å². The summed E-state index contributed by atoms with van der Waals surface area (Å²) < 4.78 is 5.35. The van der Waals surface area contributed by atoms with E-state index < -0.39 is 0 Å². The molecule has 0 bridgehead atoms. The molecule has 25 heavy (non-hydrogen) atoms. The van der Waals surface area contributed by atoms with E-state index >= 15 is 0 Å². The van der Waals surface area contributed by atoms with Gasteiger partial charge in [0.25, 0.3) is 5.91 Å². The van der Waals surface area contributed by atoms with Gasteiger partial charge < -0.3 is 9.42 Å². The fourth-order valence-electron chi connectivity index (χ4n) is 3.47. The molecule has 2 aromatic rings. The monoisotopic (exact) mass is 339 g/mol. The molecule has 0 spiro atoms. The van der Waals surface area contributed by atoms with Crippen molar-refractivity contribution in [3.8, 4) is 0 Å². The average molecular weight is 339 g/mol. The van der Waals surface area contributed by atoms with Crippen LogP contribution in [0.2, 0.25) is 0 Å². The molecule has 2 fully saturated rings. The third kappa shape index (κ3) is 3.76. The Balaban J connectivity index is 1.40. The van der Waals surface area contributed by atoms with Gasteiger partial charge in [0.1, 0.15) is 5.76 Å². The van der Waals surface area contributed by atoms with Gasteiger partial charge in [0.05, 0.1) is 0 Å². The van der Waals surface area contributed by atoms with Crippen LogP contribution in [0.25, 0.3) is 0 Å². The fourth-order valence-corrected chi connectivity index (χ4v) is 3.47. The molecule has 1 aromatic heterocycles. The number of hydrogen-bond donors (Lipinski definition) is 0. The maximum atomic E-state index is 12.8. The van der Waals surface area contributed by atoms with Gasteiger partial charge in [-0.15, -0.1) is 0 Å². The van der Waals surface area contributed by atoms with Crippen molar-refractivity contribution >= 4 is 5.91 Å². The number of carbonyl (C=O) groups is 1. The largest absolute Gasteiger partial charge is 0.360 e. The third-order valence-corrected chi connectivity index (χ3v) is 5.34. The molecule has 1 atom stereocenters. The van der Waals surface area contributed by atoms with E-state index in [9.17, 15) is 4.79 Å². The number of nitrogens with zero attached hydrogens (tertiary/aromatic N) is 3. The standard InChI is InChI=1S/C20H25N3O2/c1-15-9-10-22(11-12-23(15)14-16-5-3-2-4-6-16)20(24)18-13-19(25-21-18)17-7-8-17/h2-6,13,15,17H,7-12,14H2,1H3. The molecule has 4 rings (SSSR count). The lowest BCUT2D eigenvalue weighted by atomic mass is 10.1. The number of rotatable bonds is 4. The summed E-state index contributed by atoms with van der Waals surface area (Å²) in [6, 6.07) is 12.8. The van der Waals surface area contributed by atoms with Crippen LogP contribution in [0.5, 0.6) is 0 Å². The number of carbonyl (C=O) groups excluding carboxylic acids is 1. The minimum Gasteiger partial charge on any atom is -0.360 e. The SMILES string of the molecule is CC1CCN(C(=O)c2cc(C3CC3)on2)CCN1Cc1ccccc1. The van der Waals surface area contributed by atoms with Gasteiger partial charge in [-0.05, 0) is 31.7 Å². The lowest BCUT2D eigenvalue weighted by Crippen LogP contribution is -2.36. The summed E-state index contributed by atoms with van der Waals surface area (Å²) in [6.45, 7) is 5.58. The van der Waals surface area contributed by atoms with E-state index in [0.717, 1.165) is 51.2 Å². The van der Waals surface area contributed by atoms with Gasteiger partial charge in [-0.2, -0.15) is 0 Å². The summed E-state index contributed by atoms with van der Waals surface area (Å²) in [5.41, 5.74) is 1.78. The Morgan fingerprint density at radius 1 is 1.16 bits per heavy atom. The zero-order valence-corrected chi connectivity index (χ0v) is 14.7. The molecule has 1 aromatic carbocycles. The zero-order valence-electron chi connectivity index (χ0n) is 14.7. The first kappa shape index (κ1) is 16.3. The van der Waals surface area contributed by atoms with Gasteiger partial charge in [0.2, 0.25) is 0 Å². The summed E-state index contributed by atoms with van der Waals surface area (Å²) in [6.07, 6.45) is 3.28. The van der Waals surface area contributed by atoms with E-state index in [2.05, 4.69) is 41.2 Å². The van der Waals surface area contributed by atoms with Crippen molar-refractivity contribution < 1.29 is 9.32 Å². The number of aromatic nitrogens is 1. The van der Waals surface area contributed by atoms with E-state index in [1.54, 1.807) is 0 Å². The number of hydrogen-bond acceptors (Lipinski definition) is 4. The maximum Gasteiger partial charge on any atom is 0.276 e. The second-order valence-corrected chi connectivity index (χ2v) is 7.27. The van der Waals surface area contributed by atoms with Crippen molar-refractivity contribution in [1.29, 1.82) is 0 Å². The topological polar surface area (TPSA) is 49.6 Å². The molecule has 5 heteroatoms. The number of amides is 1. The predicted molar refractivity (Wildman–Crippen MR) is 95.3 cm³/mol. The van der Waals surface area contributed by atoms with E-state index in [4.69, 9.17) is 4.52 Å². The van der Waals surface area contributed by atoms with Crippen LogP contribution >= 0.6 is 0 Å². The third-order valence-electron chi connectivity index (χ3n) is 5.34. The Hall–Kier alpha value is -2.14. The summed E-state index contributed by atoms with van der Waals surface area (Å²) in [5.74, 6) is 1.36. The lowest BCUT2D eigenvalue weighted by molar-refractivity contribution is 0.0750. The Morgan fingerprint density at radius 3 is 2.72 bits per heavy atom. The van der Waals surface area contributed by atoms with Crippen molar-refractivity contribution in [2.45, 2.75) is 44.7 Å². The van der Waals surface area contributed by atoms with Crippen molar-refractivity contribution in [2.75, 3.05) is 19.6 Å². The predicted octanol–water partition coefficient (Wildman–Crippen LogP) is 3.29. The Kier molecular flexibility index (Phi) is 4.57. The maximum absolute atomic E-state index is 12.8. The quantitative estimate of drug-likeness (QED) is 0.858. The molecule has 1 aliphatic carbocycles. The normalized spacial score (nSPS) is 22.0. The molecule has 2 heterocycles. The fraction of sp³-hybridized carbons (Fsp3) is 0.500. The minimum atomic E-state index is 0.00408. The summed E-state index contributed by atoms with van der Waals surface area (Å²) in [4.78, 5) is 17.2. The second-order valence-electron chi connectivity index (χ2n) is 7.27. The lowest BCUT2D eigenvalue weighted by Gasteiger charge is -2.26. The highest BCUT2D eigenvalue weighted by molar-refractivity contribution is 5.92. The first-order valence-electron chi connectivity index (χ1n) is 9.24. The first-order valence-corrected chi connectivity index (χ1v) is 9.24. The van der Waals surface area contributed by atoms with E-state index in [-0.39, 0.29) is 5.91 Å². The van der Waals surface area contributed by atoms with E-state index in [1.807, 2.05) is 17.0 Å². The Bertz CT molecular complexity index is 724. The van der Waals surface area contributed by atoms with Crippen LogP contribution < -0.4 is 0 Å². The summed E-state index contributed by atoms with van der Waals surface area (Å²) in [7, 11) is 0. The summed E-state index contributed by atoms with van der Waals surface area (Å²) in [5, 5.41) is 4.01. The minimum absolute atomic E-state index is 0.00408. The van der Waals surface area contributed by atoms with Gasteiger partial charge in [-0.1, -0.05) is 35.5 Å². The Labute approximate surface area is 148 Å². The molecule has 5 nitrogen and oxygen atoms in total. The molecule has 132 valence electrons. The molecule has 1 aliphatic heterocycles. The molecular weight excluding hydrogens is 314 g/mol. The summed E-state index contributed by atoms with van der Waals surface area (Å²) >= 11 is 0. The van der Waals surface area contributed by atoms with Gasteiger partial charge >= 0.3 is 0 Å². The van der Waals surface area contributed by atoms with Crippen LogP contribution in [0.3, 0.4) is 0 Å². The second kappa shape index (κ2) is 7.00. The van der Waals surface area contributed by atoms with Gasteiger partial charge in [-0.25, -0.2) is 0 Å². The van der Waals surface area contributed by atoms with Crippen molar-refractivity contribution in [2.24, 2.45) is 0 Å². The molecule has 1 unspecified atom stereocenters. The average Bonchev–Trinajstić information content (AvgIpc) is 3.40. The molecule has 1 amide bonds. The van der Waals surface area contributed by atoms with Crippen molar-refractivity contribution in [3.63, 3.8) is 0 Å². The highest BCUT2D eigenvalue weighted by Gasteiger charge is 2.31. The van der Waals surface area contributed by atoms with Gasteiger partial charge in [0, 0.05) is 44.2 Å². The van der Waals surface area contributed by atoms with E-state index in [0.29, 0.717) is 17.7 Å². The highest BCUT2D eigenvalue weighted by Crippen LogP contribution is 2.40. The van der Waals surface area contributed by atoms with Crippen molar-refractivity contribution in [1.82, 2.24) is 15.0 Å². The van der Waals surface area contributed by atoms with Crippen LogP contribution in [0.1, 0.15) is 53.9 Å². The molecule has 1 saturated carbocycles. The molecule has 0 radical (unpaired) electrons. The highest BCUT2D eigenvalue weighted by atomic mass is 16.5. The molecule has 1 saturated heterocycles. The Morgan fingerprint density at radius 2 is 1.96 bits per heavy atom. The smallest absolute Gasteiger partial charge is 0.276 e. The van der Waals surface area contributed by atoms with Crippen LogP contribution in [-0.2, 0) is 6.54 Å². The van der Waals surface area contributed by atoms with Gasteiger partial charge in [-0.3, -0.25) is 9.69 Å². The van der Waals surface area contributed by atoms with Crippen molar-refractivity contribution in [3.05, 3.63) is 53.4 Å². The zero-order chi connectivity index (χ0) is 17.2. The van der Waals surface area contributed by atoms with Crippen LogP contribution in [-0.4, -0.2) is 46.5 Å². The molecular formula is C20H25N3O2. The number of benzene rings is 1. The molecule has 2 aliphatic rings.